The molecular weight excluding hydrogens is 134 g/mol. The number of aliphatic imine (C=N–C) groups is 1. The maximum atomic E-state index is 4.08. The normalized spacial score (nSPS) is 15.5. The molecule has 11 heavy (non-hydrogen) atoms. The van der Waals surface area contributed by atoms with Crippen LogP contribution in [0, 0.1) is 5.41 Å². The second-order valence-corrected chi connectivity index (χ2v) is 3.94. The van der Waals surface area contributed by atoms with E-state index in [2.05, 4.69) is 38.8 Å². The average Bonchev–Trinajstić information content (AvgIpc) is 1.85. The molecule has 0 N–H and O–H groups in total. The molecule has 0 amide bonds. The minimum absolute atomic E-state index is 0.270. The van der Waals surface area contributed by atoms with Crippen molar-refractivity contribution in [1.29, 1.82) is 0 Å². The molecule has 0 aliphatic heterocycles. The number of hydrogen-bond acceptors (Lipinski definition) is 1. The van der Waals surface area contributed by atoms with Gasteiger partial charge in [0.05, 0.1) is 0 Å². The van der Waals surface area contributed by atoms with Gasteiger partial charge in [-0.2, -0.15) is 0 Å². The molecule has 0 aromatic rings. The smallest absolute Gasteiger partial charge is 0.0313 e. The predicted molar refractivity (Wildman–Crippen MR) is 52.2 cm³/mol. The van der Waals surface area contributed by atoms with Gasteiger partial charge in [-0.25, -0.2) is 0 Å². The van der Waals surface area contributed by atoms with Crippen molar-refractivity contribution in [2.24, 2.45) is 10.4 Å². The summed E-state index contributed by atoms with van der Waals surface area (Å²) in [5.74, 6) is 0. The van der Waals surface area contributed by atoms with Crippen molar-refractivity contribution in [2.75, 3.05) is 7.05 Å². The fourth-order valence-electron chi connectivity index (χ4n) is 0.594. The average molecular weight is 153 g/mol. The van der Waals surface area contributed by atoms with Crippen LogP contribution in [0.1, 0.15) is 34.6 Å². The van der Waals surface area contributed by atoms with Gasteiger partial charge in [-0.3, -0.25) is 4.99 Å². The van der Waals surface area contributed by atoms with Gasteiger partial charge in [-0.1, -0.05) is 26.3 Å². The fraction of sp³-hybridized carbons (Fsp3) is 0.700. The number of rotatable bonds is 1. The quantitative estimate of drug-likeness (QED) is 0.513. The van der Waals surface area contributed by atoms with Crippen LogP contribution in [0.3, 0.4) is 0 Å². The molecule has 1 nitrogen and oxygen atoms in total. The van der Waals surface area contributed by atoms with E-state index in [1.54, 1.807) is 0 Å². The Labute approximate surface area is 70.2 Å². The van der Waals surface area contributed by atoms with Gasteiger partial charge in [-0.05, 0) is 25.3 Å². The van der Waals surface area contributed by atoms with Crippen molar-refractivity contribution in [2.45, 2.75) is 34.6 Å². The van der Waals surface area contributed by atoms with Crippen molar-refractivity contribution >= 4 is 5.71 Å². The summed E-state index contributed by atoms with van der Waals surface area (Å²) < 4.78 is 0. The lowest BCUT2D eigenvalue weighted by atomic mass is 9.87. The van der Waals surface area contributed by atoms with E-state index in [-0.39, 0.29) is 5.41 Å². The van der Waals surface area contributed by atoms with Crippen molar-refractivity contribution < 1.29 is 0 Å². The minimum atomic E-state index is 0.270. The van der Waals surface area contributed by atoms with Crippen LogP contribution in [0.25, 0.3) is 0 Å². The monoisotopic (exact) mass is 153 g/mol. The standard InChI is InChI=1S/C10H19N/c1-8(10(3,4)5)7-9(2)11-6/h7H,1-6H3/b8-7+,11-9?. The van der Waals surface area contributed by atoms with Gasteiger partial charge in [0.25, 0.3) is 0 Å². The van der Waals surface area contributed by atoms with Crippen molar-refractivity contribution in [3.63, 3.8) is 0 Å². The number of hydrogen-bond donors (Lipinski definition) is 0. The second kappa shape index (κ2) is 3.70. The van der Waals surface area contributed by atoms with Crippen molar-refractivity contribution in [3.8, 4) is 0 Å². The molecule has 0 aromatic carbocycles. The number of allylic oxidation sites excluding steroid dienone is 2. The Morgan fingerprint density at radius 1 is 1.18 bits per heavy atom. The van der Waals surface area contributed by atoms with Gasteiger partial charge < -0.3 is 0 Å². The second-order valence-electron chi connectivity index (χ2n) is 3.94. The zero-order valence-corrected chi connectivity index (χ0v) is 8.52. The molecular formula is C10H19N. The summed E-state index contributed by atoms with van der Waals surface area (Å²) >= 11 is 0. The molecule has 0 rings (SSSR count). The molecule has 0 aliphatic rings. The lowest BCUT2D eigenvalue weighted by molar-refractivity contribution is 0.504. The molecule has 1 heteroatoms. The SMILES string of the molecule is CN=C(C)/C=C(\C)C(C)(C)C. The molecule has 0 spiro atoms. The van der Waals surface area contributed by atoms with E-state index in [1.165, 1.54) is 5.57 Å². The van der Waals surface area contributed by atoms with Crippen LogP contribution in [-0.4, -0.2) is 12.8 Å². The molecule has 0 aromatic heterocycles. The van der Waals surface area contributed by atoms with Crippen molar-refractivity contribution in [1.82, 2.24) is 0 Å². The summed E-state index contributed by atoms with van der Waals surface area (Å²) in [7, 11) is 1.82. The largest absolute Gasteiger partial charge is 0.293 e. The highest BCUT2D eigenvalue weighted by Crippen LogP contribution is 2.23. The van der Waals surface area contributed by atoms with Gasteiger partial charge in [0.1, 0.15) is 0 Å². The summed E-state index contributed by atoms with van der Waals surface area (Å²) in [6.07, 6.45) is 2.14. The predicted octanol–water partition coefficient (Wildman–Crippen LogP) is 3.07. The van der Waals surface area contributed by atoms with Crippen molar-refractivity contribution in [3.05, 3.63) is 11.6 Å². The molecule has 0 bridgehead atoms. The van der Waals surface area contributed by atoms with Gasteiger partial charge in [0, 0.05) is 12.8 Å². The molecule has 0 atom stereocenters. The zero-order chi connectivity index (χ0) is 9.07. The van der Waals surface area contributed by atoms with Gasteiger partial charge in [0.2, 0.25) is 0 Å². The summed E-state index contributed by atoms with van der Waals surface area (Å²) in [6, 6.07) is 0. The van der Waals surface area contributed by atoms with E-state index in [4.69, 9.17) is 0 Å². The van der Waals surface area contributed by atoms with Crippen LogP contribution in [-0.2, 0) is 0 Å². The third-order valence-electron chi connectivity index (χ3n) is 1.96. The maximum Gasteiger partial charge on any atom is 0.0313 e. The summed E-state index contributed by atoms with van der Waals surface area (Å²) in [4.78, 5) is 4.08. The molecule has 0 radical (unpaired) electrons. The van der Waals surface area contributed by atoms with E-state index in [0.717, 1.165) is 5.71 Å². The van der Waals surface area contributed by atoms with E-state index in [1.807, 2.05) is 14.0 Å². The highest BCUT2D eigenvalue weighted by atomic mass is 14.7. The minimum Gasteiger partial charge on any atom is -0.293 e. The molecule has 64 valence electrons. The third-order valence-corrected chi connectivity index (χ3v) is 1.96. The Morgan fingerprint density at radius 2 is 1.64 bits per heavy atom. The van der Waals surface area contributed by atoms with Crippen LogP contribution in [0.4, 0.5) is 0 Å². The zero-order valence-electron chi connectivity index (χ0n) is 8.52. The Balaban J connectivity index is 4.48. The third kappa shape index (κ3) is 3.97. The van der Waals surface area contributed by atoms with Crippen LogP contribution in [0.2, 0.25) is 0 Å². The van der Waals surface area contributed by atoms with E-state index < -0.39 is 0 Å². The molecule has 0 unspecified atom stereocenters. The van der Waals surface area contributed by atoms with Gasteiger partial charge in [-0.15, -0.1) is 0 Å². The molecule has 0 fully saturated rings. The molecule has 0 aliphatic carbocycles. The first-order valence-electron chi connectivity index (χ1n) is 4.00. The topological polar surface area (TPSA) is 12.4 Å². The highest BCUT2D eigenvalue weighted by molar-refractivity contribution is 5.93. The Bertz CT molecular complexity index is 180. The maximum absolute atomic E-state index is 4.08. The Hall–Kier alpha value is -0.590. The first-order chi connectivity index (χ1) is 4.88. The summed E-state index contributed by atoms with van der Waals surface area (Å²) in [6.45, 7) is 10.8. The van der Waals surface area contributed by atoms with Crippen LogP contribution >= 0.6 is 0 Å². The molecule has 0 heterocycles. The Morgan fingerprint density at radius 3 is 1.91 bits per heavy atom. The van der Waals surface area contributed by atoms with Crippen LogP contribution in [0.5, 0.6) is 0 Å². The van der Waals surface area contributed by atoms with E-state index in [9.17, 15) is 0 Å². The number of nitrogens with zero attached hydrogens (tertiary/aromatic N) is 1. The first kappa shape index (κ1) is 10.4. The lowest BCUT2D eigenvalue weighted by Crippen LogP contribution is -2.07. The molecule has 0 saturated heterocycles. The summed E-state index contributed by atoms with van der Waals surface area (Å²) in [5.41, 5.74) is 2.74. The van der Waals surface area contributed by atoms with Crippen LogP contribution in [0.15, 0.2) is 16.6 Å². The fourth-order valence-corrected chi connectivity index (χ4v) is 0.594. The van der Waals surface area contributed by atoms with Gasteiger partial charge in [0.15, 0.2) is 0 Å². The van der Waals surface area contributed by atoms with Crippen LogP contribution < -0.4 is 0 Å². The van der Waals surface area contributed by atoms with E-state index in [0.29, 0.717) is 0 Å². The first-order valence-corrected chi connectivity index (χ1v) is 4.00. The Kier molecular flexibility index (Phi) is 3.50. The molecule has 0 saturated carbocycles. The summed E-state index contributed by atoms with van der Waals surface area (Å²) in [5, 5.41) is 0. The highest BCUT2D eigenvalue weighted by Gasteiger charge is 2.11. The van der Waals surface area contributed by atoms with Gasteiger partial charge >= 0.3 is 0 Å². The lowest BCUT2D eigenvalue weighted by Gasteiger charge is -2.19. The van der Waals surface area contributed by atoms with E-state index >= 15 is 0 Å².